The van der Waals surface area contributed by atoms with Gasteiger partial charge in [-0.25, -0.2) is 0 Å². The van der Waals surface area contributed by atoms with Gasteiger partial charge >= 0.3 is 0 Å². The Morgan fingerprint density at radius 2 is 1.08 bits per heavy atom. The van der Waals surface area contributed by atoms with E-state index in [9.17, 15) is 5.11 Å². The zero-order chi connectivity index (χ0) is 17.3. The summed E-state index contributed by atoms with van der Waals surface area (Å²) in [6.45, 7) is 2.29. The van der Waals surface area contributed by atoms with Crippen LogP contribution in [0.15, 0.2) is 0 Å². The van der Waals surface area contributed by atoms with E-state index in [-0.39, 0.29) is 0 Å². The van der Waals surface area contributed by atoms with Crippen LogP contribution < -0.4 is 0 Å². The largest absolute Gasteiger partial charge is 0.378 e. The van der Waals surface area contributed by atoms with Gasteiger partial charge in [0.25, 0.3) is 0 Å². The molecule has 24 heavy (non-hydrogen) atoms. The monoisotopic (exact) mass is 334 g/mol. The first-order chi connectivity index (χ1) is 11.8. The molecular weight excluding hydrogens is 292 g/mol. The highest BCUT2D eigenvalue weighted by atomic mass is 16.3. The molecule has 1 heteroatoms. The fourth-order valence-electron chi connectivity index (χ4n) is 3.72. The molecule has 0 unspecified atom stereocenters. The Labute approximate surface area is 152 Å². The summed E-state index contributed by atoms with van der Waals surface area (Å²) >= 11 is 0. The van der Waals surface area contributed by atoms with Crippen LogP contribution >= 0.6 is 0 Å². The number of rotatable bonds is 14. The van der Waals surface area contributed by atoms with Crippen molar-refractivity contribution in [2.24, 2.45) is 0 Å². The molecule has 140 valence electrons. The summed E-state index contributed by atoms with van der Waals surface area (Å²) in [4.78, 5) is 0. The van der Waals surface area contributed by atoms with Crippen molar-refractivity contribution in [2.75, 3.05) is 0 Å². The highest BCUT2D eigenvalue weighted by Gasteiger charge is 2.28. The van der Waals surface area contributed by atoms with E-state index in [0.29, 0.717) is 0 Å². The van der Waals surface area contributed by atoms with Crippen LogP contribution in [0.3, 0.4) is 0 Å². The van der Waals surface area contributed by atoms with E-state index in [1.54, 1.807) is 0 Å². The molecule has 0 heterocycles. The number of hydrogen-bond donors (Lipinski definition) is 1. The van der Waals surface area contributed by atoms with Gasteiger partial charge in [0.2, 0.25) is 0 Å². The van der Waals surface area contributed by atoms with Crippen LogP contribution in [0, 0.1) is 11.8 Å². The molecule has 0 bridgehead atoms. The SMILES string of the molecule is CCCCCCCCCCCCCCCCC#CC1(O)CCCC1. The van der Waals surface area contributed by atoms with E-state index in [1.165, 1.54) is 89.9 Å². The van der Waals surface area contributed by atoms with Gasteiger partial charge < -0.3 is 5.11 Å². The third-order valence-electron chi connectivity index (χ3n) is 5.41. The third-order valence-corrected chi connectivity index (χ3v) is 5.41. The summed E-state index contributed by atoms with van der Waals surface area (Å²) in [5, 5.41) is 10.1. The van der Waals surface area contributed by atoms with Crippen molar-refractivity contribution in [1.29, 1.82) is 0 Å². The molecule has 1 nitrogen and oxygen atoms in total. The molecule has 0 radical (unpaired) electrons. The summed E-state index contributed by atoms with van der Waals surface area (Å²) in [5.74, 6) is 6.32. The average molecular weight is 335 g/mol. The Balaban J connectivity index is 1.76. The number of aliphatic hydroxyl groups is 1. The minimum Gasteiger partial charge on any atom is -0.378 e. The third kappa shape index (κ3) is 12.0. The Kier molecular flexibility index (Phi) is 13.3. The molecule has 0 aromatic carbocycles. The lowest BCUT2D eigenvalue weighted by atomic mass is 10.0. The van der Waals surface area contributed by atoms with Crippen LogP contribution in [-0.2, 0) is 0 Å². The van der Waals surface area contributed by atoms with Gasteiger partial charge in [0.05, 0.1) is 0 Å². The molecule has 1 fully saturated rings. The van der Waals surface area contributed by atoms with Crippen molar-refractivity contribution in [3.8, 4) is 11.8 Å². The van der Waals surface area contributed by atoms with E-state index in [1.807, 2.05) is 0 Å². The van der Waals surface area contributed by atoms with E-state index >= 15 is 0 Å². The predicted molar refractivity (Wildman–Crippen MR) is 106 cm³/mol. The normalized spacial score (nSPS) is 16.1. The highest BCUT2D eigenvalue weighted by Crippen LogP contribution is 2.28. The molecule has 0 spiro atoms. The molecule has 0 atom stereocenters. The van der Waals surface area contributed by atoms with Crippen molar-refractivity contribution in [1.82, 2.24) is 0 Å². The molecular formula is C23H42O. The predicted octanol–water partition coefficient (Wildman–Crippen LogP) is 7.17. The van der Waals surface area contributed by atoms with Gasteiger partial charge in [0.15, 0.2) is 0 Å². The maximum atomic E-state index is 10.1. The molecule has 0 amide bonds. The summed E-state index contributed by atoms with van der Waals surface area (Å²) < 4.78 is 0. The van der Waals surface area contributed by atoms with Crippen molar-refractivity contribution >= 4 is 0 Å². The first-order valence-corrected chi connectivity index (χ1v) is 11.0. The van der Waals surface area contributed by atoms with Crippen molar-refractivity contribution in [3.05, 3.63) is 0 Å². The van der Waals surface area contributed by atoms with E-state index < -0.39 is 5.60 Å². The van der Waals surface area contributed by atoms with Crippen LogP contribution in [-0.4, -0.2) is 10.7 Å². The quantitative estimate of drug-likeness (QED) is 0.264. The van der Waals surface area contributed by atoms with Gasteiger partial charge in [-0.05, 0) is 32.1 Å². The molecule has 1 rings (SSSR count). The van der Waals surface area contributed by atoms with Gasteiger partial charge in [-0.2, -0.15) is 0 Å². The Morgan fingerprint density at radius 1 is 0.667 bits per heavy atom. The van der Waals surface area contributed by atoms with E-state index in [4.69, 9.17) is 0 Å². The molecule has 0 aliphatic heterocycles. The Morgan fingerprint density at radius 3 is 1.54 bits per heavy atom. The topological polar surface area (TPSA) is 20.2 Å². The molecule has 0 aromatic heterocycles. The summed E-state index contributed by atoms with van der Waals surface area (Å²) in [7, 11) is 0. The van der Waals surface area contributed by atoms with Gasteiger partial charge in [-0.3, -0.25) is 0 Å². The lowest BCUT2D eigenvalue weighted by Crippen LogP contribution is -2.20. The zero-order valence-electron chi connectivity index (χ0n) is 16.4. The standard InChI is InChI=1S/C23H42O/c1-2-3-4-5-6-7-8-9-10-11-12-13-14-15-16-17-20-23(24)21-18-19-22-23/h24H,2-16,18-19,21-22H2,1H3. The summed E-state index contributed by atoms with van der Waals surface area (Å²) in [6.07, 6.45) is 24.6. The van der Waals surface area contributed by atoms with E-state index in [2.05, 4.69) is 18.8 Å². The van der Waals surface area contributed by atoms with E-state index in [0.717, 1.165) is 32.1 Å². The van der Waals surface area contributed by atoms with Gasteiger partial charge in [-0.1, -0.05) is 96.3 Å². The second-order valence-electron chi connectivity index (χ2n) is 7.89. The molecule has 1 aliphatic rings. The molecule has 0 saturated heterocycles. The molecule has 1 saturated carbocycles. The molecule has 1 aliphatic carbocycles. The number of hydrogen-bond acceptors (Lipinski definition) is 1. The van der Waals surface area contributed by atoms with Gasteiger partial charge in [0.1, 0.15) is 5.60 Å². The molecule has 0 aromatic rings. The second kappa shape index (κ2) is 14.8. The number of unbranched alkanes of at least 4 members (excludes halogenated alkanes) is 14. The Hall–Kier alpha value is -0.480. The van der Waals surface area contributed by atoms with Crippen molar-refractivity contribution in [2.45, 2.75) is 135 Å². The highest BCUT2D eigenvalue weighted by molar-refractivity contribution is 5.15. The summed E-state index contributed by atoms with van der Waals surface area (Å²) in [5.41, 5.74) is -0.629. The van der Waals surface area contributed by atoms with Crippen LogP contribution in [0.25, 0.3) is 0 Å². The first-order valence-electron chi connectivity index (χ1n) is 11.0. The fourth-order valence-corrected chi connectivity index (χ4v) is 3.72. The molecule has 1 N–H and O–H groups in total. The van der Waals surface area contributed by atoms with Gasteiger partial charge in [-0.15, -0.1) is 5.92 Å². The fraction of sp³-hybridized carbons (Fsp3) is 0.913. The average Bonchev–Trinajstić information content (AvgIpc) is 3.01. The maximum Gasteiger partial charge on any atom is 0.125 e. The van der Waals surface area contributed by atoms with Crippen LogP contribution in [0.4, 0.5) is 0 Å². The second-order valence-corrected chi connectivity index (χ2v) is 7.89. The minimum absolute atomic E-state index is 0.629. The van der Waals surface area contributed by atoms with Crippen LogP contribution in [0.5, 0.6) is 0 Å². The lowest BCUT2D eigenvalue weighted by Gasteiger charge is -2.12. The Bertz CT molecular complexity index is 330. The van der Waals surface area contributed by atoms with Crippen molar-refractivity contribution in [3.63, 3.8) is 0 Å². The van der Waals surface area contributed by atoms with Crippen molar-refractivity contribution < 1.29 is 5.11 Å². The lowest BCUT2D eigenvalue weighted by molar-refractivity contribution is 0.110. The summed E-state index contributed by atoms with van der Waals surface area (Å²) in [6, 6.07) is 0. The van der Waals surface area contributed by atoms with Gasteiger partial charge in [0, 0.05) is 6.42 Å². The maximum absolute atomic E-state index is 10.1. The van der Waals surface area contributed by atoms with Crippen LogP contribution in [0.1, 0.15) is 129 Å². The smallest absolute Gasteiger partial charge is 0.125 e. The minimum atomic E-state index is -0.629. The zero-order valence-corrected chi connectivity index (χ0v) is 16.4. The first kappa shape index (κ1) is 21.6. The van der Waals surface area contributed by atoms with Crippen LogP contribution in [0.2, 0.25) is 0 Å².